The minimum Gasteiger partial charge on any atom is -0.480 e. The van der Waals surface area contributed by atoms with Crippen LogP contribution < -0.4 is 22.1 Å². The van der Waals surface area contributed by atoms with E-state index in [0.29, 0.717) is 32.4 Å². The molecule has 0 aromatic rings. The average Bonchev–Trinajstić information content (AvgIpc) is 3.10. The number of nitrogens with one attached hydrogen (secondary N) is 2. The third kappa shape index (κ3) is 6.79. The van der Waals surface area contributed by atoms with Crippen LogP contribution in [-0.4, -0.2) is 71.0 Å². The Bertz CT molecular complexity index is 556. The van der Waals surface area contributed by atoms with Crippen LogP contribution in [0, 0.1) is 0 Å². The van der Waals surface area contributed by atoms with Crippen molar-refractivity contribution in [1.29, 1.82) is 0 Å². The Morgan fingerprint density at radius 2 is 1.81 bits per heavy atom. The Labute approximate surface area is 159 Å². The van der Waals surface area contributed by atoms with Gasteiger partial charge in [0.05, 0.1) is 6.04 Å². The molecule has 0 radical (unpaired) electrons. The summed E-state index contributed by atoms with van der Waals surface area (Å²) in [5.74, 6) is -2.49. The first-order valence-electron chi connectivity index (χ1n) is 9.28. The highest BCUT2D eigenvalue weighted by atomic mass is 16.4. The number of carboxylic acids is 1. The number of nitrogens with zero attached hydrogens (tertiary/aromatic N) is 1. The van der Waals surface area contributed by atoms with E-state index in [1.54, 1.807) is 0 Å². The number of nitrogens with two attached hydrogens (primary N) is 2. The lowest BCUT2D eigenvalue weighted by Gasteiger charge is -2.27. The summed E-state index contributed by atoms with van der Waals surface area (Å²) in [7, 11) is 0. The summed E-state index contributed by atoms with van der Waals surface area (Å²) in [5.41, 5.74) is 11.4. The second-order valence-corrected chi connectivity index (χ2v) is 6.88. The van der Waals surface area contributed by atoms with Gasteiger partial charge >= 0.3 is 5.97 Å². The summed E-state index contributed by atoms with van der Waals surface area (Å²) < 4.78 is 0. The number of hydrogen-bond donors (Lipinski definition) is 5. The van der Waals surface area contributed by atoms with Gasteiger partial charge in [0, 0.05) is 6.54 Å². The molecule has 0 spiro atoms. The van der Waals surface area contributed by atoms with Crippen LogP contribution in [0.25, 0.3) is 0 Å². The molecule has 4 atom stereocenters. The summed E-state index contributed by atoms with van der Waals surface area (Å²) >= 11 is 0. The number of carboxylic acid groups (broad SMARTS) is 1. The van der Waals surface area contributed by atoms with Crippen molar-refractivity contribution in [2.24, 2.45) is 11.5 Å². The van der Waals surface area contributed by atoms with Crippen LogP contribution in [0.5, 0.6) is 0 Å². The number of amides is 3. The largest absolute Gasteiger partial charge is 0.480 e. The Balaban J connectivity index is 2.61. The van der Waals surface area contributed by atoms with Crippen molar-refractivity contribution in [1.82, 2.24) is 15.5 Å². The lowest BCUT2D eigenvalue weighted by molar-refractivity contribution is -0.142. The molecule has 1 rings (SSSR count). The zero-order valence-corrected chi connectivity index (χ0v) is 15.9. The van der Waals surface area contributed by atoms with Gasteiger partial charge in [0.1, 0.15) is 18.1 Å². The number of hydrogen-bond acceptors (Lipinski definition) is 6. The molecule has 154 valence electrons. The van der Waals surface area contributed by atoms with Gasteiger partial charge in [-0.15, -0.1) is 0 Å². The lowest BCUT2D eigenvalue weighted by Crippen LogP contribution is -2.55. The Morgan fingerprint density at radius 3 is 2.41 bits per heavy atom. The van der Waals surface area contributed by atoms with E-state index in [9.17, 15) is 19.2 Å². The molecule has 27 heavy (non-hydrogen) atoms. The number of unbranched alkanes of at least 4 members (excludes halogenated alkanes) is 1. The zero-order chi connectivity index (χ0) is 20.6. The van der Waals surface area contributed by atoms with Crippen LogP contribution in [0.15, 0.2) is 0 Å². The van der Waals surface area contributed by atoms with Gasteiger partial charge in [-0.3, -0.25) is 19.2 Å². The van der Waals surface area contributed by atoms with E-state index in [1.165, 1.54) is 18.7 Å². The van der Waals surface area contributed by atoms with E-state index in [4.69, 9.17) is 16.6 Å². The van der Waals surface area contributed by atoms with Gasteiger partial charge < -0.3 is 32.1 Å². The first-order valence-corrected chi connectivity index (χ1v) is 9.28. The molecule has 1 aliphatic rings. The zero-order valence-electron chi connectivity index (χ0n) is 15.9. The van der Waals surface area contributed by atoms with Crippen molar-refractivity contribution in [2.75, 3.05) is 13.1 Å². The molecule has 10 nitrogen and oxygen atoms in total. The van der Waals surface area contributed by atoms with Crippen LogP contribution >= 0.6 is 0 Å². The van der Waals surface area contributed by atoms with Crippen molar-refractivity contribution in [3.8, 4) is 0 Å². The van der Waals surface area contributed by atoms with Gasteiger partial charge in [-0.25, -0.2) is 0 Å². The van der Waals surface area contributed by atoms with Crippen LogP contribution in [0.3, 0.4) is 0 Å². The van der Waals surface area contributed by atoms with Gasteiger partial charge in [0.15, 0.2) is 0 Å². The van der Waals surface area contributed by atoms with E-state index in [2.05, 4.69) is 10.6 Å². The molecule has 4 unspecified atom stereocenters. The smallest absolute Gasteiger partial charge is 0.325 e. The highest BCUT2D eigenvalue weighted by Crippen LogP contribution is 2.19. The van der Waals surface area contributed by atoms with Crippen molar-refractivity contribution in [3.05, 3.63) is 0 Å². The summed E-state index contributed by atoms with van der Waals surface area (Å²) in [6.45, 7) is 3.77. The monoisotopic (exact) mass is 385 g/mol. The average molecular weight is 385 g/mol. The molecule has 1 saturated heterocycles. The normalized spacial score (nSPS) is 19.9. The fraction of sp³-hybridized carbons (Fsp3) is 0.765. The fourth-order valence-corrected chi connectivity index (χ4v) is 2.92. The SMILES string of the molecule is CC(NC(=O)C(C)NC(=O)C1CCCN1C(=O)C(N)CCCCN)C(=O)O. The van der Waals surface area contributed by atoms with Crippen LogP contribution in [-0.2, 0) is 19.2 Å². The molecular formula is C17H31N5O5. The van der Waals surface area contributed by atoms with Gasteiger partial charge in [-0.05, 0) is 46.1 Å². The number of likely N-dealkylation sites (tertiary alicyclic amines) is 1. The van der Waals surface area contributed by atoms with Gasteiger partial charge in [-0.1, -0.05) is 6.42 Å². The molecule has 10 heteroatoms. The maximum absolute atomic E-state index is 12.5. The highest BCUT2D eigenvalue weighted by molar-refractivity contribution is 5.94. The van der Waals surface area contributed by atoms with Crippen molar-refractivity contribution in [2.45, 2.75) is 70.1 Å². The Kier molecular flexibility index (Phi) is 9.16. The molecule has 0 saturated carbocycles. The molecule has 0 aromatic carbocycles. The Hall–Kier alpha value is -2.20. The molecule has 1 heterocycles. The number of carbonyl (C=O) groups excluding carboxylic acids is 3. The summed E-state index contributed by atoms with van der Waals surface area (Å²) in [5, 5.41) is 13.7. The molecular weight excluding hydrogens is 354 g/mol. The van der Waals surface area contributed by atoms with Crippen molar-refractivity contribution >= 4 is 23.7 Å². The quantitative estimate of drug-likeness (QED) is 0.286. The van der Waals surface area contributed by atoms with E-state index < -0.39 is 42.0 Å². The maximum atomic E-state index is 12.5. The van der Waals surface area contributed by atoms with Crippen LogP contribution in [0.1, 0.15) is 46.0 Å². The third-order valence-corrected chi connectivity index (χ3v) is 4.61. The molecule has 0 aliphatic carbocycles. The minimum atomic E-state index is -1.17. The third-order valence-electron chi connectivity index (χ3n) is 4.61. The minimum absolute atomic E-state index is 0.277. The summed E-state index contributed by atoms with van der Waals surface area (Å²) in [4.78, 5) is 49.3. The van der Waals surface area contributed by atoms with E-state index in [0.717, 1.165) is 12.8 Å². The van der Waals surface area contributed by atoms with Gasteiger partial charge in [-0.2, -0.15) is 0 Å². The molecule has 3 amide bonds. The molecule has 0 aromatic heterocycles. The van der Waals surface area contributed by atoms with Crippen molar-refractivity contribution in [3.63, 3.8) is 0 Å². The van der Waals surface area contributed by atoms with Gasteiger partial charge in [0.25, 0.3) is 0 Å². The second-order valence-electron chi connectivity index (χ2n) is 6.88. The fourth-order valence-electron chi connectivity index (χ4n) is 2.92. The maximum Gasteiger partial charge on any atom is 0.325 e. The topological polar surface area (TPSA) is 168 Å². The number of aliphatic carboxylic acids is 1. The predicted molar refractivity (Wildman–Crippen MR) is 98.5 cm³/mol. The molecule has 1 fully saturated rings. The van der Waals surface area contributed by atoms with E-state index in [-0.39, 0.29) is 5.91 Å². The molecule has 7 N–H and O–H groups in total. The number of rotatable bonds is 10. The second kappa shape index (κ2) is 10.8. The summed E-state index contributed by atoms with van der Waals surface area (Å²) in [6, 6.07) is -3.34. The number of carbonyl (C=O) groups is 4. The highest BCUT2D eigenvalue weighted by Gasteiger charge is 2.36. The lowest BCUT2D eigenvalue weighted by atomic mass is 10.1. The van der Waals surface area contributed by atoms with Crippen molar-refractivity contribution < 1.29 is 24.3 Å². The molecule has 0 bridgehead atoms. The van der Waals surface area contributed by atoms with E-state index in [1.807, 2.05) is 0 Å². The van der Waals surface area contributed by atoms with Gasteiger partial charge in [0.2, 0.25) is 17.7 Å². The Morgan fingerprint density at radius 1 is 1.15 bits per heavy atom. The van der Waals surface area contributed by atoms with Crippen LogP contribution in [0.4, 0.5) is 0 Å². The first kappa shape index (κ1) is 22.8. The standard InChI is InChI=1S/C17H31N5O5/c1-10(14(23)21-11(2)17(26)27)20-15(24)13-7-5-9-22(13)16(25)12(19)6-3-4-8-18/h10-13H,3-9,18-19H2,1-2H3,(H,20,24)(H,21,23)(H,26,27). The first-order chi connectivity index (χ1) is 12.7. The predicted octanol–water partition coefficient (Wildman–Crippen LogP) is -1.47. The molecule has 1 aliphatic heterocycles. The summed E-state index contributed by atoms with van der Waals surface area (Å²) in [6.07, 6.45) is 3.20. The van der Waals surface area contributed by atoms with E-state index >= 15 is 0 Å². The van der Waals surface area contributed by atoms with Crippen LogP contribution in [0.2, 0.25) is 0 Å².